The van der Waals surface area contributed by atoms with E-state index in [0.29, 0.717) is 13.0 Å². The van der Waals surface area contributed by atoms with Gasteiger partial charge >= 0.3 is 0 Å². The Morgan fingerprint density at radius 1 is 1.47 bits per heavy atom. The number of rotatable bonds is 5. The smallest absolute Gasteiger partial charge is 0.133 e. The Labute approximate surface area is 97.5 Å². The van der Waals surface area contributed by atoms with Gasteiger partial charge in [-0.2, -0.15) is 0 Å². The molecule has 0 bridgehead atoms. The summed E-state index contributed by atoms with van der Waals surface area (Å²) >= 11 is 3.37. The summed E-state index contributed by atoms with van der Waals surface area (Å²) in [5.41, 5.74) is 0. The third-order valence-electron chi connectivity index (χ3n) is 1.85. The van der Waals surface area contributed by atoms with Crippen molar-refractivity contribution in [3.63, 3.8) is 0 Å². The second-order valence-corrected chi connectivity index (χ2v) is 3.95. The van der Waals surface area contributed by atoms with E-state index in [1.165, 1.54) is 0 Å². The van der Waals surface area contributed by atoms with Gasteiger partial charge < -0.3 is 9.47 Å². The second kappa shape index (κ2) is 5.75. The van der Waals surface area contributed by atoms with E-state index in [4.69, 9.17) is 9.47 Å². The van der Waals surface area contributed by atoms with Crippen LogP contribution in [-0.2, 0) is 4.79 Å². The molecule has 0 aromatic heterocycles. The molecule has 0 heterocycles. The van der Waals surface area contributed by atoms with Gasteiger partial charge in [-0.25, -0.2) is 0 Å². The van der Waals surface area contributed by atoms with E-state index in [-0.39, 0.29) is 5.78 Å². The Balaban J connectivity index is 2.58. The molecule has 4 heteroatoms. The van der Waals surface area contributed by atoms with Gasteiger partial charge in [-0.05, 0) is 41.1 Å². The van der Waals surface area contributed by atoms with E-state index in [2.05, 4.69) is 15.9 Å². The predicted octanol–water partition coefficient (Wildman–Crippen LogP) is 2.82. The van der Waals surface area contributed by atoms with Gasteiger partial charge in [-0.3, -0.25) is 4.79 Å². The zero-order valence-corrected chi connectivity index (χ0v) is 10.3. The Morgan fingerprint density at radius 2 is 2.20 bits per heavy atom. The monoisotopic (exact) mass is 272 g/mol. The van der Waals surface area contributed by atoms with Gasteiger partial charge in [0.15, 0.2) is 0 Å². The van der Waals surface area contributed by atoms with Crippen LogP contribution in [0.15, 0.2) is 22.7 Å². The van der Waals surface area contributed by atoms with Crippen molar-refractivity contribution in [2.45, 2.75) is 13.3 Å². The van der Waals surface area contributed by atoms with Gasteiger partial charge in [-0.15, -0.1) is 0 Å². The average Bonchev–Trinajstić information content (AvgIpc) is 2.20. The maximum Gasteiger partial charge on any atom is 0.133 e. The third-order valence-corrected chi connectivity index (χ3v) is 2.47. The van der Waals surface area contributed by atoms with Crippen LogP contribution in [0.3, 0.4) is 0 Å². The van der Waals surface area contributed by atoms with Crippen LogP contribution in [0.4, 0.5) is 0 Å². The molecule has 0 saturated heterocycles. The standard InChI is InChI=1S/C11H13BrO3/c1-8(13)5-6-15-11-4-3-9(14-2)7-10(11)12/h3-4,7H,5-6H2,1-2H3. The third kappa shape index (κ3) is 3.91. The van der Waals surface area contributed by atoms with Gasteiger partial charge in [0.2, 0.25) is 0 Å². The molecule has 0 unspecified atom stereocenters. The molecule has 3 nitrogen and oxygen atoms in total. The molecular formula is C11H13BrO3. The van der Waals surface area contributed by atoms with Crippen molar-refractivity contribution in [3.8, 4) is 11.5 Å². The van der Waals surface area contributed by atoms with E-state index in [1.54, 1.807) is 14.0 Å². The van der Waals surface area contributed by atoms with Gasteiger partial charge in [0.25, 0.3) is 0 Å². The molecule has 1 rings (SSSR count). The molecule has 0 fully saturated rings. The van der Waals surface area contributed by atoms with Crippen molar-refractivity contribution < 1.29 is 14.3 Å². The van der Waals surface area contributed by atoms with Crippen molar-refractivity contribution in [3.05, 3.63) is 22.7 Å². The Hall–Kier alpha value is -1.03. The number of carbonyl (C=O) groups is 1. The van der Waals surface area contributed by atoms with E-state index < -0.39 is 0 Å². The Bertz CT molecular complexity index is 350. The molecule has 82 valence electrons. The SMILES string of the molecule is COc1ccc(OCCC(C)=O)c(Br)c1. The summed E-state index contributed by atoms with van der Waals surface area (Å²) in [6, 6.07) is 5.44. The first-order valence-electron chi connectivity index (χ1n) is 4.59. The predicted molar refractivity (Wildman–Crippen MR) is 61.5 cm³/mol. The molecule has 0 N–H and O–H groups in total. The van der Waals surface area contributed by atoms with E-state index in [0.717, 1.165) is 16.0 Å². The lowest BCUT2D eigenvalue weighted by molar-refractivity contribution is -0.117. The minimum atomic E-state index is 0.125. The highest BCUT2D eigenvalue weighted by atomic mass is 79.9. The van der Waals surface area contributed by atoms with Crippen molar-refractivity contribution in [1.29, 1.82) is 0 Å². The van der Waals surface area contributed by atoms with E-state index >= 15 is 0 Å². The van der Waals surface area contributed by atoms with Crippen LogP contribution in [0.5, 0.6) is 11.5 Å². The number of carbonyl (C=O) groups excluding carboxylic acids is 1. The van der Waals surface area contributed by atoms with Gasteiger partial charge in [-0.1, -0.05) is 0 Å². The molecule has 0 amide bonds. The summed E-state index contributed by atoms with van der Waals surface area (Å²) in [4.78, 5) is 10.7. The summed E-state index contributed by atoms with van der Waals surface area (Å²) in [6.45, 7) is 1.95. The minimum absolute atomic E-state index is 0.125. The Kier molecular flexibility index (Phi) is 4.62. The number of ether oxygens (including phenoxy) is 2. The quantitative estimate of drug-likeness (QED) is 0.827. The first-order valence-corrected chi connectivity index (χ1v) is 5.38. The fourth-order valence-corrected chi connectivity index (χ4v) is 1.50. The average molecular weight is 273 g/mol. The summed E-state index contributed by atoms with van der Waals surface area (Å²) in [7, 11) is 1.61. The maximum atomic E-state index is 10.7. The molecule has 0 aliphatic heterocycles. The van der Waals surface area contributed by atoms with Crippen LogP contribution in [0.1, 0.15) is 13.3 Å². The number of Topliss-reactive ketones (excluding diaryl/α,β-unsaturated/α-hetero) is 1. The fraction of sp³-hybridized carbons (Fsp3) is 0.364. The molecule has 0 aliphatic carbocycles. The Morgan fingerprint density at radius 3 is 2.73 bits per heavy atom. The van der Waals surface area contributed by atoms with Crippen molar-refractivity contribution in [2.24, 2.45) is 0 Å². The van der Waals surface area contributed by atoms with Crippen molar-refractivity contribution in [1.82, 2.24) is 0 Å². The van der Waals surface area contributed by atoms with Crippen LogP contribution in [0.25, 0.3) is 0 Å². The fourth-order valence-electron chi connectivity index (χ4n) is 1.03. The van der Waals surface area contributed by atoms with E-state index in [1.807, 2.05) is 18.2 Å². The molecule has 0 atom stereocenters. The summed E-state index contributed by atoms with van der Waals surface area (Å²) in [6.07, 6.45) is 0.429. The summed E-state index contributed by atoms with van der Waals surface area (Å²) in [5.74, 6) is 1.61. The first kappa shape index (κ1) is 12.0. The number of hydrogen-bond acceptors (Lipinski definition) is 3. The lowest BCUT2D eigenvalue weighted by Gasteiger charge is -2.08. The number of methoxy groups -OCH3 is 1. The molecule has 0 aliphatic rings. The number of halogens is 1. The number of ketones is 1. The summed E-state index contributed by atoms with van der Waals surface area (Å²) in [5, 5.41) is 0. The molecular weight excluding hydrogens is 260 g/mol. The van der Waals surface area contributed by atoms with Gasteiger partial charge in [0.1, 0.15) is 17.3 Å². The molecule has 0 spiro atoms. The van der Waals surface area contributed by atoms with E-state index in [9.17, 15) is 4.79 Å². The highest BCUT2D eigenvalue weighted by molar-refractivity contribution is 9.10. The number of hydrogen-bond donors (Lipinski definition) is 0. The molecule has 1 aromatic rings. The van der Waals surface area contributed by atoms with Crippen molar-refractivity contribution in [2.75, 3.05) is 13.7 Å². The van der Waals surface area contributed by atoms with Gasteiger partial charge in [0.05, 0.1) is 18.2 Å². The molecule has 15 heavy (non-hydrogen) atoms. The topological polar surface area (TPSA) is 35.5 Å². The van der Waals surface area contributed by atoms with Crippen molar-refractivity contribution >= 4 is 21.7 Å². The van der Waals surface area contributed by atoms with Gasteiger partial charge in [0, 0.05) is 6.42 Å². The zero-order chi connectivity index (χ0) is 11.3. The normalized spacial score (nSPS) is 9.80. The first-order chi connectivity index (χ1) is 7.13. The highest BCUT2D eigenvalue weighted by Crippen LogP contribution is 2.29. The van der Waals surface area contributed by atoms with Crippen LogP contribution in [0, 0.1) is 0 Å². The highest BCUT2D eigenvalue weighted by Gasteiger charge is 2.03. The van der Waals surface area contributed by atoms with Crippen LogP contribution in [0.2, 0.25) is 0 Å². The lowest BCUT2D eigenvalue weighted by Crippen LogP contribution is -2.03. The second-order valence-electron chi connectivity index (χ2n) is 3.10. The minimum Gasteiger partial charge on any atom is -0.497 e. The molecule has 0 radical (unpaired) electrons. The summed E-state index contributed by atoms with van der Waals surface area (Å²) < 4.78 is 11.3. The zero-order valence-electron chi connectivity index (χ0n) is 8.75. The molecule has 1 aromatic carbocycles. The number of benzene rings is 1. The maximum absolute atomic E-state index is 10.7. The van der Waals surface area contributed by atoms with Crippen LogP contribution in [-0.4, -0.2) is 19.5 Å². The van der Waals surface area contributed by atoms with Crippen LogP contribution >= 0.6 is 15.9 Å². The van der Waals surface area contributed by atoms with Crippen LogP contribution < -0.4 is 9.47 Å². The molecule has 0 saturated carbocycles. The lowest BCUT2D eigenvalue weighted by atomic mass is 10.3. The largest absolute Gasteiger partial charge is 0.497 e.